The highest BCUT2D eigenvalue weighted by atomic mass is 32.2. The van der Waals surface area contributed by atoms with E-state index in [4.69, 9.17) is 4.74 Å². The average Bonchev–Trinajstić information content (AvgIpc) is 2.96. The minimum absolute atomic E-state index is 0.000323. The molecule has 10 heteroatoms. The number of halogens is 1. The van der Waals surface area contributed by atoms with E-state index in [0.29, 0.717) is 44.0 Å². The Morgan fingerprint density at radius 1 is 0.897 bits per heavy atom. The Hall–Kier alpha value is -2.69. The van der Waals surface area contributed by atoms with E-state index in [1.54, 1.807) is 23.1 Å². The molecule has 0 saturated carbocycles. The SMILES string of the molecule is O=C(OC[C@H]1CCC[C@@H](c2ccccc2F)N1S(=O)(=O)c1ccc(O)cc1)N1CCC(N2CCCCC2)CC1. The Morgan fingerprint density at radius 3 is 2.28 bits per heavy atom. The second-order valence-corrected chi connectivity index (χ2v) is 12.7. The van der Waals surface area contributed by atoms with Crippen LogP contribution >= 0.6 is 0 Å². The maximum atomic E-state index is 14.9. The minimum Gasteiger partial charge on any atom is -0.508 e. The van der Waals surface area contributed by atoms with Crippen molar-refractivity contribution in [2.45, 2.75) is 74.4 Å². The predicted octanol–water partition coefficient (Wildman–Crippen LogP) is 4.90. The number of nitrogens with zero attached hydrogens (tertiary/aromatic N) is 3. The first kappa shape index (κ1) is 27.9. The summed E-state index contributed by atoms with van der Waals surface area (Å²) < 4.78 is 49.7. The summed E-state index contributed by atoms with van der Waals surface area (Å²) in [6, 6.07) is 10.7. The fraction of sp³-hybridized carbons (Fsp3) is 0.552. The van der Waals surface area contributed by atoms with Crippen LogP contribution < -0.4 is 0 Å². The Morgan fingerprint density at radius 2 is 1.59 bits per heavy atom. The molecule has 0 radical (unpaired) electrons. The van der Waals surface area contributed by atoms with Gasteiger partial charge in [-0.2, -0.15) is 4.31 Å². The Kier molecular flexibility index (Phi) is 8.73. The molecule has 39 heavy (non-hydrogen) atoms. The molecule has 8 nitrogen and oxygen atoms in total. The summed E-state index contributed by atoms with van der Waals surface area (Å²) in [5.41, 5.74) is 0.302. The zero-order valence-corrected chi connectivity index (χ0v) is 23.1. The van der Waals surface area contributed by atoms with E-state index in [0.717, 1.165) is 25.9 Å². The highest BCUT2D eigenvalue weighted by Gasteiger charge is 2.42. The largest absolute Gasteiger partial charge is 0.508 e. The number of likely N-dealkylation sites (tertiary alicyclic amines) is 2. The normalized spacial score (nSPS) is 24.0. The van der Waals surface area contributed by atoms with Gasteiger partial charge in [-0.25, -0.2) is 17.6 Å². The Labute approximate surface area is 230 Å². The summed E-state index contributed by atoms with van der Waals surface area (Å²) in [4.78, 5) is 17.3. The van der Waals surface area contributed by atoms with Crippen LogP contribution in [0, 0.1) is 5.82 Å². The number of benzene rings is 2. The number of amides is 1. The van der Waals surface area contributed by atoms with Crippen LogP contribution in [0.2, 0.25) is 0 Å². The second kappa shape index (κ2) is 12.2. The molecule has 3 saturated heterocycles. The van der Waals surface area contributed by atoms with Crippen molar-refractivity contribution in [2.75, 3.05) is 32.8 Å². The number of rotatable bonds is 6. The number of hydrogen-bond acceptors (Lipinski definition) is 6. The molecular formula is C29H38FN3O5S. The van der Waals surface area contributed by atoms with Crippen LogP contribution in [-0.4, -0.2) is 78.6 Å². The third-order valence-corrected chi connectivity index (χ3v) is 10.4. The third kappa shape index (κ3) is 6.23. The number of sulfonamides is 1. The maximum absolute atomic E-state index is 14.9. The summed E-state index contributed by atoms with van der Waals surface area (Å²) in [6.07, 6.45) is 6.78. The van der Waals surface area contributed by atoms with Gasteiger partial charge in [-0.05, 0) is 88.4 Å². The zero-order chi connectivity index (χ0) is 27.4. The molecular weight excluding hydrogens is 521 g/mol. The topological polar surface area (TPSA) is 90.4 Å². The third-order valence-electron chi connectivity index (χ3n) is 8.39. The molecule has 1 N–H and O–H groups in total. The molecule has 2 atom stereocenters. The van der Waals surface area contributed by atoms with E-state index in [2.05, 4.69) is 4.90 Å². The van der Waals surface area contributed by atoms with E-state index >= 15 is 0 Å². The molecule has 0 unspecified atom stereocenters. The Balaban J connectivity index is 1.30. The molecule has 0 spiro atoms. The fourth-order valence-electron chi connectivity index (χ4n) is 6.31. The molecule has 0 aromatic heterocycles. The van der Waals surface area contributed by atoms with Crippen molar-refractivity contribution < 1.29 is 27.4 Å². The van der Waals surface area contributed by atoms with Crippen LogP contribution in [0.3, 0.4) is 0 Å². The minimum atomic E-state index is -4.09. The van der Waals surface area contributed by atoms with Gasteiger partial charge in [0.2, 0.25) is 10.0 Å². The number of carbonyl (C=O) groups is 1. The van der Waals surface area contributed by atoms with Gasteiger partial charge >= 0.3 is 6.09 Å². The van der Waals surface area contributed by atoms with Crippen molar-refractivity contribution >= 4 is 16.1 Å². The van der Waals surface area contributed by atoms with Crippen LogP contribution in [-0.2, 0) is 14.8 Å². The van der Waals surface area contributed by atoms with Crippen LogP contribution in [0.4, 0.5) is 9.18 Å². The summed E-state index contributed by atoms with van der Waals surface area (Å²) in [5.74, 6) is -0.518. The molecule has 3 fully saturated rings. The number of carbonyl (C=O) groups excluding carboxylic acids is 1. The van der Waals surface area contributed by atoms with Crippen LogP contribution in [0.25, 0.3) is 0 Å². The molecule has 3 aliphatic rings. The highest BCUT2D eigenvalue weighted by Crippen LogP contribution is 2.40. The van der Waals surface area contributed by atoms with Gasteiger partial charge in [0, 0.05) is 24.7 Å². The van der Waals surface area contributed by atoms with Gasteiger partial charge in [0.25, 0.3) is 0 Å². The van der Waals surface area contributed by atoms with E-state index in [9.17, 15) is 22.7 Å². The first-order valence-corrected chi connectivity index (χ1v) is 15.5. The van der Waals surface area contributed by atoms with Gasteiger partial charge < -0.3 is 19.6 Å². The average molecular weight is 560 g/mol. The smallest absolute Gasteiger partial charge is 0.409 e. The van der Waals surface area contributed by atoms with Crippen molar-refractivity contribution in [2.24, 2.45) is 0 Å². The zero-order valence-electron chi connectivity index (χ0n) is 22.3. The van der Waals surface area contributed by atoms with Crippen molar-refractivity contribution in [3.05, 3.63) is 59.9 Å². The quantitative estimate of drug-likeness (QED) is 0.541. The molecule has 3 heterocycles. The van der Waals surface area contributed by atoms with Gasteiger partial charge in [0.1, 0.15) is 18.2 Å². The number of hydrogen-bond donors (Lipinski definition) is 1. The van der Waals surface area contributed by atoms with Gasteiger partial charge in [-0.15, -0.1) is 0 Å². The lowest BCUT2D eigenvalue weighted by atomic mass is 9.93. The first-order chi connectivity index (χ1) is 18.8. The number of aromatic hydroxyl groups is 1. The van der Waals surface area contributed by atoms with E-state index in [-0.39, 0.29) is 17.3 Å². The Bertz CT molecular complexity index is 1230. The number of piperidine rings is 3. The molecule has 5 rings (SSSR count). The molecule has 3 aliphatic heterocycles. The van der Waals surface area contributed by atoms with Crippen LogP contribution in [0.15, 0.2) is 53.4 Å². The molecule has 0 aliphatic carbocycles. The molecule has 0 bridgehead atoms. The van der Waals surface area contributed by atoms with Gasteiger partial charge in [-0.1, -0.05) is 24.6 Å². The van der Waals surface area contributed by atoms with Crippen molar-refractivity contribution in [3.63, 3.8) is 0 Å². The lowest BCUT2D eigenvalue weighted by Gasteiger charge is -2.42. The predicted molar refractivity (Wildman–Crippen MR) is 145 cm³/mol. The monoisotopic (exact) mass is 559 g/mol. The van der Waals surface area contributed by atoms with Gasteiger partial charge in [-0.3, -0.25) is 0 Å². The van der Waals surface area contributed by atoms with Crippen molar-refractivity contribution in [1.82, 2.24) is 14.1 Å². The van der Waals surface area contributed by atoms with Gasteiger partial charge in [0.15, 0.2) is 0 Å². The number of phenols is 1. The van der Waals surface area contributed by atoms with E-state index < -0.39 is 34.0 Å². The van der Waals surface area contributed by atoms with E-state index in [1.807, 2.05) is 0 Å². The summed E-state index contributed by atoms with van der Waals surface area (Å²) in [6.45, 7) is 3.40. The maximum Gasteiger partial charge on any atom is 0.409 e. The lowest BCUT2D eigenvalue weighted by Crippen LogP contribution is -2.50. The first-order valence-electron chi connectivity index (χ1n) is 14.1. The van der Waals surface area contributed by atoms with Crippen molar-refractivity contribution in [3.8, 4) is 5.75 Å². The molecule has 212 valence electrons. The summed E-state index contributed by atoms with van der Waals surface area (Å²) in [5, 5.41) is 9.69. The van der Waals surface area contributed by atoms with Crippen LogP contribution in [0.1, 0.15) is 63.0 Å². The fourth-order valence-corrected chi connectivity index (χ4v) is 8.15. The van der Waals surface area contributed by atoms with Crippen molar-refractivity contribution in [1.29, 1.82) is 0 Å². The van der Waals surface area contributed by atoms with E-state index in [1.165, 1.54) is 53.9 Å². The van der Waals surface area contributed by atoms with Crippen LogP contribution in [0.5, 0.6) is 5.75 Å². The summed E-state index contributed by atoms with van der Waals surface area (Å²) in [7, 11) is -4.09. The molecule has 1 amide bonds. The molecule has 2 aromatic carbocycles. The summed E-state index contributed by atoms with van der Waals surface area (Å²) >= 11 is 0. The lowest BCUT2D eigenvalue weighted by molar-refractivity contribution is 0.0446. The standard InChI is InChI=1S/C29H38FN3O5S/c30-27-9-3-2-8-26(27)28-10-6-7-23(33(28)39(36,37)25-13-11-24(34)12-14-25)21-38-29(35)32-19-15-22(16-20-32)31-17-4-1-5-18-31/h2-3,8-9,11-14,22-23,28,34H,1,4-7,10,15-21H2/t23-,28+/m1/s1. The molecule has 2 aromatic rings. The number of ether oxygens (including phenoxy) is 1. The second-order valence-electron chi connectivity index (χ2n) is 10.8. The number of phenolic OH excluding ortho intramolecular Hbond substituents is 1. The highest BCUT2D eigenvalue weighted by molar-refractivity contribution is 7.89. The van der Waals surface area contributed by atoms with Gasteiger partial charge in [0.05, 0.1) is 17.0 Å².